The van der Waals surface area contributed by atoms with Gasteiger partial charge in [-0.25, -0.2) is 4.79 Å². The number of hydrogen-bond acceptors (Lipinski definition) is 8. The summed E-state index contributed by atoms with van der Waals surface area (Å²) in [6.45, 7) is 0. The molecule has 1 aromatic carbocycles. The lowest BCUT2D eigenvalue weighted by molar-refractivity contribution is -0.705. The van der Waals surface area contributed by atoms with Gasteiger partial charge in [0, 0.05) is 29.2 Å². The molecule has 4 rings (SSSR count). The average molecular weight is 460 g/mol. The fraction of sp³-hybridized carbons (Fsp3) is 0.333. The second-order valence-corrected chi connectivity index (χ2v) is 9.15. The highest BCUT2D eigenvalue weighted by molar-refractivity contribution is 7.99. The molecule has 8 nitrogen and oxygen atoms in total. The second-order valence-electron chi connectivity index (χ2n) is 6.97. The third-order valence-electron chi connectivity index (χ3n) is 4.95. The summed E-state index contributed by atoms with van der Waals surface area (Å²) in [7, 11) is 1.35. The summed E-state index contributed by atoms with van der Waals surface area (Å²) >= 11 is 2.65. The number of fused-ring (bicyclic) bond motifs is 1. The molecule has 0 bridgehead atoms. The standard InChI is InChI=1S/C21H21N3O5S2/c1-28-20(26)17-14-9-5-6-10-15(14)31-18(17)22-16(25)11-12-30-19-21(27)29-23-24(19)13-7-3-2-4-8-13/h2-4,7-8H,5-6,9-12H2,1H3,(H-,22,23,25,26,27). The number of rotatable bonds is 7. The van der Waals surface area contributed by atoms with Gasteiger partial charge in [0.25, 0.3) is 5.03 Å². The van der Waals surface area contributed by atoms with Crippen LogP contribution in [0.3, 0.4) is 0 Å². The van der Waals surface area contributed by atoms with Crippen molar-refractivity contribution in [1.82, 2.24) is 5.27 Å². The van der Waals surface area contributed by atoms with Crippen LogP contribution < -0.4 is 15.1 Å². The van der Waals surface area contributed by atoms with Crippen LogP contribution in [0.1, 0.15) is 40.1 Å². The van der Waals surface area contributed by atoms with E-state index in [1.807, 2.05) is 30.3 Å². The maximum Gasteiger partial charge on any atom is 0.341 e. The molecule has 2 heterocycles. The number of nitrogens with zero attached hydrogens (tertiary/aromatic N) is 2. The van der Waals surface area contributed by atoms with Crippen molar-refractivity contribution in [3.8, 4) is 11.6 Å². The van der Waals surface area contributed by atoms with Gasteiger partial charge < -0.3 is 19.7 Å². The number of amides is 1. The number of carbonyl (C=O) groups is 2. The number of thioether (sulfide) groups is 1. The summed E-state index contributed by atoms with van der Waals surface area (Å²) in [5, 5.41) is 19.5. The first-order valence-corrected chi connectivity index (χ1v) is 11.7. The minimum absolute atomic E-state index is 0.160. The molecule has 31 heavy (non-hydrogen) atoms. The zero-order chi connectivity index (χ0) is 21.8. The molecular formula is C21H21N3O5S2. The highest BCUT2D eigenvalue weighted by Gasteiger charge is 2.27. The molecule has 1 N–H and O–H groups in total. The predicted octanol–water partition coefficient (Wildman–Crippen LogP) is 2.87. The number of ether oxygens (including phenoxy) is 1. The smallest absolute Gasteiger partial charge is 0.341 e. The number of aryl methyl sites for hydroxylation is 1. The number of esters is 1. The fourth-order valence-corrected chi connectivity index (χ4v) is 5.69. The maximum atomic E-state index is 12.6. The Morgan fingerprint density at radius 3 is 2.84 bits per heavy atom. The molecule has 0 aliphatic heterocycles. The first-order valence-electron chi connectivity index (χ1n) is 9.88. The summed E-state index contributed by atoms with van der Waals surface area (Å²) in [5.74, 6) is -0.846. The Labute approximate surface area is 187 Å². The molecular weight excluding hydrogens is 438 g/mol. The Hall–Kier alpha value is -2.85. The van der Waals surface area contributed by atoms with E-state index in [-0.39, 0.29) is 12.3 Å². The second kappa shape index (κ2) is 9.52. The van der Waals surface area contributed by atoms with Crippen LogP contribution in [-0.4, -0.2) is 30.0 Å². The normalized spacial score (nSPS) is 12.9. The molecule has 1 aliphatic carbocycles. The molecule has 1 amide bonds. The van der Waals surface area contributed by atoms with Crippen molar-refractivity contribution >= 4 is 40.0 Å². The Balaban J connectivity index is 1.42. The van der Waals surface area contributed by atoms with Gasteiger partial charge in [0.05, 0.1) is 17.9 Å². The Morgan fingerprint density at radius 2 is 2.06 bits per heavy atom. The van der Waals surface area contributed by atoms with Crippen LogP contribution in [0.4, 0.5) is 5.00 Å². The van der Waals surface area contributed by atoms with Crippen LogP contribution in [0.15, 0.2) is 39.9 Å². The minimum Gasteiger partial charge on any atom is -0.538 e. The third kappa shape index (κ3) is 4.59. The van der Waals surface area contributed by atoms with Gasteiger partial charge in [-0.3, -0.25) is 4.79 Å². The van der Waals surface area contributed by atoms with Crippen molar-refractivity contribution in [2.75, 3.05) is 18.2 Å². The van der Waals surface area contributed by atoms with Gasteiger partial charge in [-0.15, -0.1) is 11.3 Å². The molecule has 0 unspecified atom stereocenters. The van der Waals surface area contributed by atoms with Gasteiger partial charge >= 0.3 is 5.97 Å². The zero-order valence-corrected chi connectivity index (χ0v) is 18.5. The van der Waals surface area contributed by atoms with E-state index in [9.17, 15) is 14.7 Å². The third-order valence-corrected chi connectivity index (χ3v) is 7.18. The van der Waals surface area contributed by atoms with Crippen molar-refractivity contribution in [2.45, 2.75) is 37.1 Å². The number of para-hydroxylation sites is 1. The van der Waals surface area contributed by atoms with E-state index in [0.717, 1.165) is 36.1 Å². The van der Waals surface area contributed by atoms with Crippen molar-refractivity contribution < 1.29 is 28.6 Å². The summed E-state index contributed by atoms with van der Waals surface area (Å²) in [6.07, 6.45) is 3.99. The Bertz CT molecular complexity index is 1090. The topological polar surface area (TPSA) is 108 Å². The molecule has 0 saturated carbocycles. The first-order chi connectivity index (χ1) is 15.1. The van der Waals surface area contributed by atoms with Gasteiger partial charge in [-0.1, -0.05) is 30.0 Å². The lowest BCUT2D eigenvalue weighted by Crippen LogP contribution is -2.34. The molecule has 0 atom stereocenters. The van der Waals surface area contributed by atoms with Gasteiger partial charge in [-0.2, -0.15) is 0 Å². The van der Waals surface area contributed by atoms with Gasteiger partial charge in [0.2, 0.25) is 11.6 Å². The zero-order valence-electron chi connectivity index (χ0n) is 16.9. The number of methoxy groups -OCH3 is 1. The summed E-state index contributed by atoms with van der Waals surface area (Å²) in [6, 6.07) is 9.16. The number of hydrogen-bond donors (Lipinski definition) is 1. The summed E-state index contributed by atoms with van der Waals surface area (Å²) in [5.41, 5.74) is 2.18. The highest BCUT2D eigenvalue weighted by atomic mass is 32.2. The SMILES string of the molecule is COC(=O)c1c(NC(=O)CCSc2c([O-])on[n+]2-c2ccccc2)sc2c1CCCC2. The lowest BCUT2D eigenvalue weighted by atomic mass is 9.95. The average Bonchev–Trinajstić information content (AvgIpc) is 3.34. The van der Waals surface area contributed by atoms with Crippen molar-refractivity contribution in [2.24, 2.45) is 0 Å². The van der Waals surface area contributed by atoms with Gasteiger partial charge in [0.15, 0.2) is 5.95 Å². The number of aromatic nitrogens is 2. The summed E-state index contributed by atoms with van der Waals surface area (Å²) in [4.78, 5) is 26.0. The highest BCUT2D eigenvalue weighted by Crippen LogP contribution is 2.38. The maximum absolute atomic E-state index is 12.6. The van der Waals surface area contributed by atoms with E-state index < -0.39 is 11.9 Å². The molecule has 0 fully saturated rings. The Morgan fingerprint density at radius 1 is 1.29 bits per heavy atom. The van der Waals surface area contributed by atoms with Gasteiger partial charge in [0.1, 0.15) is 5.00 Å². The number of benzene rings is 1. The minimum atomic E-state index is -0.548. The van der Waals surface area contributed by atoms with E-state index in [1.54, 1.807) is 0 Å². The summed E-state index contributed by atoms with van der Waals surface area (Å²) < 4.78 is 11.2. The van der Waals surface area contributed by atoms with E-state index in [4.69, 9.17) is 9.26 Å². The number of thiophene rings is 1. The number of carbonyl (C=O) groups excluding carboxylic acids is 2. The Kier molecular flexibility index (Phi) is 6.57. The van der Waals surface area contributed by atoms with E-state index in [0.29, 0.717) is 27.0 Å². The van der Waals surface area contributed by atoms with Crippen molar-refractivity contribution in [1.29, 1.82) is 0 Å². The van der Waals surface area contributed by atoms with Crippen molar-refractivity contribution in [3.05, 3.63) is 46.3 Å². The molecule has 2 aromatic heterocycles. The van der Waals surface area contributed by atoms with Crippen molar-refractivity contribution in [3.63, 3.8) is 0 Å². The molecule has 162 valence electrons. The van der Waals surface area contributed by atoms with Gasteiger partial charge in [-0.05, 0) is 35.9 Å². The number of nitrogens with one attached hydrogen (secondary N) is 1. The molecule has 3 aromatic rings. The van der Waals surface area contributed by atoms with Crippen LogP contribution in [0.25, 0.3) is 5.69 Å². The monoisotopic (exact) mass is 459 g/mol. The van der Waals surface area contributed by atoms with E-state index in [2.05, 4.69) is 10.6 Å². The lowest BCUT2D eigenvalue weighted by Gasteiger charge is -2.11. The van der Waals surface area contributed by atoms with Crippen LogP contribution >= 0.6 is 23.1 Å². The van der Waals surface area contributed by atoms with E-state index in [1.165, 1.54) is 34.9 Å². The van der Waals surface area contributed by atoms with Crippen LogP contribution in [0.5, 0.6) is 5.95 Å². The molecule has 1 aliphatic rings. The fourth-order valence-electron chi connectivity index (χ4n) is 3.50. The van der Waals surface area contributed by atoms with Crippen LogP contribution in [-0.2, 0) is 22.4 Å². The molecule has 0 saturated heterocycles. The quantitative estimate of drug-likeness (QED) is 0.329. The molecule has 0 spiro atoms. The largest absolute Gasteiger partial charge is 0.538 e. The molecule has 0 radical (unpaired) electrons. The predicted molar refractivity (Wildman–Crippen MR) is 114 cm³/mol. The molecule has 10 heteroatoms. The van der Waals surface area contributed by atoms with Crippen LogP contribution in [0, 0.1) is 0 Å². The van der Waals surface area contributed by atoms with Crippen LogP contribution in [0.2, 0.25) is 0 Å². The number of anilines is 1. The first kappa shape index (κ1) is 21.4. The van der Waals surface area contributed by atoms with E-state index >= 15 is 0 Å².